The molecule has 2 aliphatic rings. The van der Waals surface area contributed by atoms with Gasteiger partial charge in [0.1, 0.15) is 0 Å². The van der Waals surface area contributed by atoms with Crippen LogP contribution in [0.2, 0.25) is 0 Å². The van der Waals surface area contributed by atoms with E-state index in [0.29, 0.717) is 23.9 Å². The first-order valence-electron chi connectivity index (χ1n) is 9.06. The molecule has 2 aromatic rings. The highest BCUT2D eigenvalue weighted by molar-refractivity contribution is 6.00. The first-order chi connectivity index (χ1) is 12.0. The van der Waals surface area contributed by atoms with Gasteiger partial charge in [0.25, 0.3) is 0 Å². The number of hydrogen-bond donors (Lipinski definition) is 1. The van der Waals surface area contributed by atoms with Crippen molar-refractivity contribution in [3.8, 4) is 0 Å². The standard InChI is InChI=1S/C22H25NO2/c1-14-11-18-19(22(18,2)3)12-16(14)13-25-21(24)23-20-10-6-8-15-7-4-5-9-17(15)20/h4-11,16,18-19H,12-13H2,1-3H3,(H,23,24)/t16-,18-,19+/m1/s1. The third kappa shape index (κ3) is 2.92. The summed E-state index contributed by atoms with van der Waals surface area (Å²) in [6.07, 6.45) is 3.15. The predicted octanol–water partition coefficient (Wildman–Crippen LogP) is 5.63. The number of ether oxygens (including phenoxy) is 1. The lowest BCUT2D eigenvalue weighted by Crippen LogP contribution is -2.21. The molecule has 0 bridgehead atoms. The number of allylic oxidation sites excluding steroid dienone is 1. The topological polar surface area (TPSA) is 38.3 Å². The van der Waals surface area contributed by atoms with Gasteiger partial charge in [-0.15, -0.1) is 0 Å². The zero-order valence-electron chi connectivity index (χ0n) is 15.1. The van der Waals surface area contributed by atoms with E-state index >= 15 is 0 Å². The molecule has 0 aromatic heterocycles. The molecule has 130 valence electrons. The lowest BCUT2D eigenvalue weighted by atomic mass is 9.89. The lowest BCUT2D eigenvalue weighted by molar-refractivity contribution is 0.142. The van der Waals surface area contributed by atoms with Crippen LogP contribution in [0.4, 0.5) is 10.5 Å². The third-order valence-electron chi connectivity index (χ3n) is 6.21. The second-order valence-corrected chi connectivity index (χ2v) is 8.05. The minimum absolute atomic E-state index is 0.348. The van der Waals surface area contributed by atoms with Crippen LogP contribution in [0.5, 0.6) is 0 Å². The summed E-state index contributed by atoms with van der Waals surface area (Å²) in [7, 11) is 0. The summed E-state index contributed by atoms with van der Waals surface area (Å²) in [5, 5.41) is 5.03. The van der Waals surface area contributed by atoms with E-state index in [4.69, 9.17) is 4.74 Å². The van der Waals surface area contributed by atoms with E-state index in [9.17, 15) is 4.79 Å². The third-order valence-corrected chi connectivity index (χ3v) is 6.21. The van der Waals surface area contributed by atoms with E-state index in [1.54, 1.807) is 0 Å². The van der Waals surface area contributed by atoms with E-state index in [-0.39, 0.29) is 6.09 Å². The van der Waals surface area contributed by atoms with Crippen molar-refractivity contribution in [3.63, 3.8) is 0 Å². The van der Waals surface area contributed by atoms with Crippen molar-refractivity contribution in [1.29, 1.82) is 0 Å². The Morgan fingerprint density at radius 3 is 2.80 bits per heavy atom. The molecule has 0 saturated heterocycles. The zero-order chi connectivity index (χ0) is 17.6. The number of carbonyl (C=O) groups excluding carboxylic acids is 1. The van der Waals surface area contributed by atoms with Gasteiger partial charge in [0.15, 0.2) is 0 Å². The van der Waals surface area contributed by atoms with Gasteiger partial charge in [-0.1, -0.05) is 61.9 Å². The van der Waals surface area contributed by atoms with Crippen molar-refractivity contribution in [3.05, 3.63) is 54.1 Å². The average Bonchev–Trinajstić information content (AvgIpc) is 3.12. The SMILES string of the molecule is CC1=C[C@@H]2[C@H](C[C@@H]1COC(=O)Nc1cccc3ccccc13)C2(C)C. The van der Waals surface area contributed by atoms with Gasteiger partial charge in [0.05, 0.1) is 12.3 Å². The van der Waals surface area contributed by atoms with Crippen LogP contribution < -0.4 is 5.32 Å². The van der Waals surface area contributed by atoms with E-state index in [1.165, 1.54) is 5.57 Å². The molecule has 0 aliphatic heterocycles. The summed E-state index contributed by atoms with van der Waals surface area (Å²) in [5.74, 6) is 1.81. The number of carbonyl (C=O) groups is 1. The largest absolute Gasteiger partial charge is 0.449 e. The van der Waals surface area contributed by atoms with E-state index in [2.05, 4.69) is 32.2 Å². The van der Waals surface area contributed by atoms with Crippen LogP contribution in [0.3, 0.4) is 0 Å². The molecule has 2 aliphatic carbocycles. The van der Waals surface area contributed by atoms with Gasteiger partial charge in [-0.2, -0.15) is 0 Å². The molecule has 4 rings (SSSR count). The van der Waals surface area contributed by atoms with Crippen molar-refractivity contribution in [2.75, 3.05) is 11.9 Å². The first-order valence-corrected chi connectivity index (χ1v) is 9.06. The highest BCUT2D eigenvalue weighted by atomic mass is 16.5. The van der Waals surface area contributed by atoms with Gasteiger partial charge >= 0.3 is 6.09 Å². The van der Waals surface area contributed by atoms with Gasteiger partial charge in [0, 0.05) is 11.3 Å². The molecule has 0 heterocycles. The summed E-state index contributed by atoms with van der Waals surface area (Å²) in [6.45, 7) is 7.30. The number of amides is 1. The highest BCUT2D eigenvalue weighted by Gasteiger charge is 2.58. The molecule has 1 saturated carbocycles. The Morgan fingerprint density at radius 2 is 1.96 bits per heavy atom. The van der Waals surface area contributed by atoms with E-state index in [0.717, 1.165) is 28.8 Å². The van der Waals surface area contributed by atoms with E-state index < -0.39 is 0 Å². The monoisotopic (exact) mass is 335 g/mol. The highest BCUT2D eigenvalue weighted by Crippen LogP contribution is 2.64. The normalized spacial score (nSPS) is 26.5. The predicted molar refractivity (Wildman–Crippen MR) is 102 cm³/mol. The molecule has 0 radical (unpaired) electrons. The molecular weight excluding hydrogens is 310 g/mol. The quantitative estimate of drug-likeness (QED) is 0.739. The molecule has 3 heteroatoms. The maximum atomic E-state index is 12.3. The summed E-state index contributed by atoms with van der Waals surface area (Å²) >= 11 is 0. The molecule has 0 unspecified atom stereocenters. The summed E-state index contributed by atoms with van der Waals surface area (Å²) < 4.78 is 5.55. The molecule has 25 heavy (non-hydrogen) atoms. The van der Waals surface area contributed by atoms with Gasteiger partial charge in [-0.25, -0.2) is 4.79 Å². The van der Waals surface area contributed by atoms with Crippen LogP contribution in [-0.2, 0) is 4.74 Å². The van der Waals surface area contributed by atoms with Gasteiger partial charge in [-0.3, -0.25) is 5.32 Å². The van der Waals surface area contributed by atoms with Crippen LogP contribution in [0.25, 0.3) is 10.8 Å². The van der Waals surface area contributed by atoms with Crippen molar-refractivity contribution in [1.82, 2.24) is 0 Å². The Labute approximate surface area is 149 Å². The molecule has 3 nitrogen and oxygen atoms in total. The molecule has 0 spiro atoms. The van der Waals surface area contributed by atoms with E-state index in [1.807, 2.05) is 42.5 Å². The second-order valence-electron chi connectivity index (χ2n) is 8.05. The molecule has 1 N–H and O–H groups in total. The molecule has 1 amide bonds. The maximum absolute atomic E-state index is 12.3. The number of fused-ring (bicyclic) bond motifs is 2. The van der Waals surface area contributed by atoms with Crippen LogP contribution in [0, 0.1) is 23.2 Å². The number of nitrogens with one attached hydrogen (secondary N) is 1. The molecule has 1 fully saturated rings. The number of benzene rings is 2. The lowest BCUT2D eigenvalue weighted by Gasteiger charge is -2.21. The number of anilines is 1. The summed E-state index contributed by atoms with van der Waals surface area (Å²) in [5.41, 5.74) is 2.58. The summed E-state index contributed by atoms with van der Waals surface area (Å²) in [4.78, 5) is 12.3. The van der Waals surface area contributed by atoms with Crippen LogP contribution >= 0.6 is 0 Å². The Kier molecular flexibility index (Phi) is 3.82. The Hall–Kier alpha value is -2.29. The number of rotatable bonds is 3. The van der Waals surface area contributed by atoms with Crippen LogP contribution in [0.1, 0.15) is 27.2 Å². The number of hydrogen-bond acceptors (Lipinski definition) is 2. The Balaban J connectivity index is 1.38. The van der Waals surface area contributed by atoms with Gasteiger partial charge < -0.3 is 4.74 Å². The zero-order valence-corrected chi connectivity index (χ0v) is 15.1. The molecule has 3 atom stereocenters. The molecular formula is C22H25NO2. The van der Waals surface area contributed by atoms with Gasteiger partial charge in [0.2, 0.25) is 0 Å². The smallest absolute Gasteiger partial charge is 0.411 e. The Bertz CT molecular complexity index is 847. The first kappa shape index (κ1) is 16.2. The van der Waals surface area contributed by atoms with Crippen molar-refractivity contribution in [2.45, 2.75) is 27.2 Å². The minimum atomic E-state index is -0.374. The van der Waals surface area contributed by atoms with Crippen LogP contribution in [-0.4, -0.2) is 12.7 Å². The molecule has 2 aromatic carbocycles. The fraction of sp³-hybridized carbons (Fsp3) is 0.409. The Morgan fingerprint density at radius 1 is 1.20 bits per heavy atom. The fourth-order valence-corrected chi connectivity index (χ4v) is 4.34. The fourth-order valence-electron chi connectivity index (χ4n) is 4.34. The van der Waals surface area contributed by atoms with Crippen LogP contribution in [0.15, 0.2) is 54.1 Å². The van der Waals surface area contributed by atoms with Crippen molar-refractivity contribution in [2.24, 2.45) is 23.2 Å². The van der Waals surface area contributed by atoms with Gasteiger partial charge in [-0.05, 0) is 42.0 Å². The minimum Gasteiger partial charge on any atom is -0.449 e. The summed E-state index contributed by atoms with van der Waals surface area (Å²) in [6, 6.07) is 13.9. The average molecular weight is 335 g/mol. The van der Waals surface area contributed by atoms with Crippen molar-refractivity contribution < 1.29 is 9.53 Å². The second kappa shape index (κ2) is 5.91. The maximum Gasteiger partial charge on any atom is 0.411 e. The van der Waals surface area contributed by atoms with Crippen molar-refractivity contribution >= 4 is 22.6 Å².